The van der Waals surface area contributed by atoms with Crippen molar-refractivity contribution in [3.8, 4) is 0 Å². The van der Waals surface area contributed by atoms with Gasteiger partial charge in [0.05, 0.1) is 18.2 Å². The van der Waals surface area contributed by atoms with Crippen LogP contribution >= 0.6 is 0 Å². The molecular weight excluding hydrogens is 308 g/mol. The first-order chi connectivity index (χ1) is 11.5. The molecule has 2 heterocycles. The standard InChI is InChI=1S/C18H28N2O4/c1-4-23-16-11-15(21)18(16)7-9-20(10-8-18)17(22)19-13(3)14-6-5-12(2)24-14/h5-6,13,15-16,21H,4,7-11H2,1-3H3,(H,19,22)/t13-,15+,16-/m1/s1. The number of hydrogen-bond acceptors (Lipinski definition) is 4. The fourth-order valence-corrected chi connectivity index (χ4v) is 3.98. The quantitative estimate of drug-likeness (QED) is 0.886. The lowest BCUT2D eigenvalue weighted by Crippen LogP contribution is -2.63. The summed E-state index contributed by atoms with van der Waals surface area (Å²) in [6, 6.07) is 3.55. The van der Waals surface area contributed by atoms with Gasteiger partial charge >= 0.3 is 6.03 Å². The van der Waals surface area contributed by atoms with Crippen LogP contribution in [-0.4, -0.2) is 47.9 Å². The number of carbonyl (C=O) groups is 1. The Morgan fingerprint density at radius 1 is 1.50 bits per heavy atom. The van der Waals surface area contributed by atoms with Crippen molar-refractivity contribution in [2.75, 3.05) is 19.7 Å². The predicted molar refractivity (Wildman–Crippen MR) is 89.7 cm³/mol. The maximum atomic E-state index is 12.5. The number of aryl methyl sites for hydroxylation is 1. The highest BCUT2D eigenvalue weighted by Gasteiger charge is 2.56. The molecule has 0 bridgehead atoms. The molecule has 1 spiro atoms. The minimum atomic E-state index is -0.302. The van der Waals surface area contributed by atoms with Crippen LogP contribution < -0.4 is 5.32 Å². The summed E-state index contributed by atoms with van der Waals surface area (Å²) >= 11 is 0. The van der Waals surface area contributed by atoms with Crippen LogP contribution in [0, 0.1) is 12.3 Å². The van der Waals surface area contributed by atoms with Crippen molar-refractivity contribution in [3.05, 3.63) is 23.7 Å². The van der Waals surface area contributed by atoms with E-state index in [1.54, 1.807) is 0 Å². The zero-order valence-electron chi connectivity index (χ0n) is 14.7. The molecule has 3 rings (SSSR count). The van der Waals surface area contributed by atoms with Gasteiger partial charge in [0.1, 0.15) is 11.5 Å². The van der Waals surface area contributed by atoms with Gasteiger partial charge in [0.25, 0.3) is 0 Å². The Hall–Kier alpha value is -1.53. The number of urea groups is 1. The number of aliphatic hydroxyl groups is 1. The molecule has 1 aliphatic heterocycles. The fraction of sp³-hybridized carbons (Fsp3) is 0.722. The molecule has 0 aromatic carbocycles. The summed E-state index contributed by atoms with van der Waals surface area (Å²) in [5.74, 6) is 1.60. The summed E-state index contributed by atoms with van der Waals surface area (Å²) < 4.78 is 11.3. The summed E-state index contributed by atoms with van der Waals surface area (Å²) in [7, 11) is 0. The number of piperidine rings is 1. The molecule has 2 aliphatic rings. The van der Waals surface area contributed by atoms with Gasteiger partial charge in [0, 0.05) is 31.5 Å². The molecule has 6 nitrogen and oxygen atoms in total. The lowest BCUT2D eigenvalue weighted by atomic mass is 9.58. The molecular formula is C18H28N2O4. The Labute approximate surface area is 143 Å². The molecule has 134 valence electrons. The molecule has 1 aromatic rings. The van der Waals surface area contributed by atoms with Gasteiger partial charge in [-0.05, 0) is 45.7 Å². The van der Waals surface area contributed by atoms with Crippen molar-refractivity contribution < 1.29 is 19.1 Å². The largest absolute Gasteiger partial charge is 0.464 e. The number of aliphatic hydroxyl groups excluding tert-OH is 1. The van der Waals surface area contributed by atoms with E-state index < -0.39 is 0 Å². The molecule has 3 atom stereocenters. The van der Waals surface area contributed by atoms with Gasteiger partial charge in [-0.2, -0.15) is 0 Å². The van der Waals surface area contributed by atoms with E-state index in [0.29, 0.717) is 19.7 Å². The van der Waals surface area contributed by atoms with Crippen LogP contribution in [0.1, 0.15) is 50.7 Å². The van der Waals surface area contributed by atoms with Gasteiger partial charge in [0.15, 0.2) is 0 Å². The van der Waals surface area contributed by atoms with Gasteiger partial charge in [-0.15, -0.1) is 0 Å². The first kappa shape index (κ1) is 17.3. The Morgan fingerprint density at radius 3 is 2.75 bits per heavy atom. The van der Waals surface area contributed by atoms with E-state index in [2.05, 4.69) is 5.32 Å². The predicted octanol–water partition coefficient (Wildman–Crippen LogP) is 2.61. The second-order valence-corrected chi connectivity index (χ2v) is 7.04. The minimum Gasteiger partial charge on any atom is -0.464 e. The smallest absolute Gasteiger partial charge is 0.317 e. The maximum absolute atomic E-state index is 12.5. The summed E-state index contributed by atoms with van der Waals surface area (Å²) in [5.41, 5.74) is -0.156. The van der Waals surface area contributed by atoms with Crippen LogP contribution in [0.25, 0.3) is 0 Å². The van der Waals surface area contributed by atoms with Crippen molar-refractivity contribution in [2.24, 2.45) is 5.41 Å². The van der Waals surface area contributed by atoms with Crippen molar-refractivity contribution in [1.29, 1.82) is 0 Å². The number of furan rings is 1. The zero-order valence-corrected chi connectivity index (χ0v) is 14.7. The van der Waals surface area contributed by atoms with Crippen molar-refractivity contribution in [2.45, 2.75) is 58.3 Å². The number of ether oxygens (including phenoxy) is 1. The average Bonchev–Trinajstić information content (AvgIpc) is 3.01. The van der Waals surface area contributed by atoms with Gasteiger partial charge in [-0.25, -0.2) is 4.79 Å². The number of amides is 2. The molecule has 2 N–H and O–H groups in total. The summed E-state index contributed by atoms with van der Waals surface area (Å²) in [6.07, 6.45) is 2.13. The fourth-order valence-electron chi connectivity index (χ4n) is 3.98. The highest BCUT2D eigenvalue weighted by Crippen LogP contribution is 2.50. The van der Waals surface area contributed by atoms with Gasteiger partial charge in [-0.1, -0.05) is 0 Å². The van der Waals surface area contributed by atoms with Crippen molar-refractivity contribution in [3.63, 3.8) is 0 Å². The van der Waals surface area contributed by atoms with Crippen LogP contribution in [0.15, 0.2) is 16.5 Å². The highest BCUT2D eigenvalue weighted by molar-refractivity contribution is 5.74. The number of hydrogen-bond donors (Lipinski definition) is 2. The zero-order chi connectivity index (χ0) is 17.3. The summed E-state index contributed by atoms with van der Waals surface area (Å²) in [4.78, 5) is 14.3. The van der Waals surface area contributed by atoms with Crippen molar-refractivity contribution >= 4 is 6.03 Å². The van der Waals surface area contributed by atoms with Crippen LogP contribution in [0.2, 0.25) is 0 Å². The molecule has 0 unspecified atom stereocenters. The van der Waals surface area contributed by atoms with E-state index >= 15 is 0 Å². The SMILES string of the molecule is CCO[C@@H]1C[C@H](O)C12CCN(C(=O)N[C@H](C)c1ccc(C)o1)CC2. The van der Waals surface area contributed by atoms with Crippen LogP contribution in [0.5, 0.6) is 0 Å². The molecule has 6 heteroatoms. The van der Waals surface area contributed by atoms with Crippen molar-refractivity contribution in [1.82, 2.24) is 10.2 Å². The number of nitrogens with zero attached hydrogens (tertiary/aromatic N) is 1. The van der Waals surface area contributed by atoms with Gasteiger partial charge < -0.3 is 24.5 Å². The topological polar surface area (TPSA) is 74.9 Å². The summed E-state index contributed by atoms with van der Waals surface area (Å²) in [6.45, 7) is 7.76. The summed E-state index contributed by atoms with van der Waals surface area (Å²) in [5, 5.41) is 13.2. The number of carbonyl (C=O) groups excluding carboxylic acids is 1. The minimum absolute atomic E-state index is 0.0758. The molecule has 2 amide bonds. The first-order valence-corrected chi connectivity index (χ1v) is 8.87. The van der Waals surface area contributed by atoms with Crippen LogP contribution in [0.3, 0.4) is 0 Å². The molecule has 1 saturated carbocycles. The second kappa shape index (κ2) is 6.76. The lowest BCUT2D eigenvalue weighted by molar-refractivity contribution is -0.207. The first-order valence-electron chi connectivity index (χ1n) is 8.87. The normalized spacial score (nSPS) is 26.9. The van der Waals surface area contributed by atoms with E-state index in [4.69, 9.17) is 9.15 Å². The third-order valence-electron chi connectivity index (χ3n) is 5.62. The maximum Gasteiger partial charge on any atom is 0.317 e. The molecule has 0 radical (unpaired) electrons. The van der Waals surface area contributed by atoms with Crippen LogP contribution in [-0.2, 0) is 4.74 Å². The number of rotatable bonds is 4. The number of likely N-dealkylation sites (tertiary alicyclic amines) is 1. The van der Waals surface area contributed by atoms with Gasteiger partial charge in [-0.3, -0.25) is 0 Å². The Morgan fingerprint density at radius 2 is 2.21 bits per heavy atom. The second-order valence-electron chi connectivity index (χ2n) is 7.04. The molecule has 1 saturated heterocycles. The van der Waals surface area contributed by atoms with Gasteiger partial charge in [0.2, 0.25) is 0 Å². The van der Waals surface area contributed by atoms with E-state index in [9.17, 15) is 9.90 Å². The molecule has 2 fully saturated rings. The van der Waals surface area contributed by atoms with E-state index in [1.807, 2.05) is 37.8 Å². The molecule has 1 aliphatic carbocycles. The van der Waals surface area contributed by atoms with Crippen LogP contribution in [0.4, 0.5) is 4.79 Å². The Balaban J connectivity index is 1.53. The highest BCUT2D eigenvalue weighted by atomic mass is 16.5. The lowest BCUT2D eigenvalue weighted by Gasteiger charge is -2.56. The average molecular weight is 336 g/mol. The third kappa shape index (κ3) is 3.05. The van der Waals surface area contributed by atoms with E-state index in [1.165, 1.54) is 0 Å². The molecule has 24 heavy (non-hydrogen) atoms. The monoisotopic (exact) mass is 336 g/mol. The molecule has 1 aromatic heterocycles. The number of nitrogens with one attached hydrogen (secondary N) is 1. The van der Waals surface area contributed by atoms with E-state index in [-0.39, 0.29) is 29.7 Å². The Bertz CT molecular complexity index is 575. The van der Waals surface area contributed by atoms with E-state index in [0.717, 1.165) is 30.8 Å². The Kier molecular flexibility index (Phi) is 4.88. The third-order valence-corrected chi connectivity index (χ3v) is 5.62.